The van der Waals surface area contributed by atoms with Gasteiger partial charge in [-0.3, -0.25) is 10.1 Å². The lowest BCUT2D eigenvalue weighted by atomic mass is 10.1. The molecular formula is C23H27N3O5. The summed E-state index contributed by atoms with van der Waals surface area (Å²) in [5.41, 5.74) is 2.64. The molecule has 0 saturated heterocycles. The average molecular weight is 425 g/mol. The highest BCUT2D eigenvalue weighted by Crippen LogP contribution is 2.41. The molecule has 1 aromatic heterocycles. The van der Waals surface area contributed by atoms with Gasteiger partial charge in [0.15, 0.2) is 11.5 Å². The number of hydrogen-bond donors (Lipinski definition) is 1. The molecule has 0 radical (unpaired) electrons. The molecule has 0 saturated carbocycles. The standard InChI is InChI=1S/C23H27N3O5/c1-5-28-18-13-17(14-19(29-6-2)21(18)30-7-3)22-25-26-23(31-22)24-20(27)12-16-10-8-15(4)9-11-16/h8-11,13-14H,5-7,12H2,1-4H3,(H,24,26,27). The molecule has 0 bridgehead atoms. The van der Waals surface area contributed by atoms with Crippen molar-refractivity contribution in [2.45, 2.75) is 34.1 Å². The Balaban J connectivity index is 1.80. The second kappa shape index (κ2) is 10.5. The number of ether oxygens (including phenoxy) is 3. The van der Waals surface area contributed by atoms with Gasteiger partial charge in [0.2, 0.25) is 17.5 Å². The lowest BCUT2D eigenvalue weighted by molar-refractivity contribution is -0.115. The third-order valence-corrected chi connectivity index (χ3v) is 4.31. The number of anilines is 1. The maximum absolute atomic E-state index is 12.3. The lowest BCUT2D eigenvalue weighted by Gasteiger charge is -2.16. The summed E-state index contributed by atoms with van der Waals surface area (Å²) in [7, 11) is 0. The van der Waals surface area contributed by atoms with E-state index < -0.39 is 0 Å². The summed E-state index contributed by atoms with van der Waals surface area (Å²) in [4.78, 5) is 12.3. The van der Waals surface area contributed by atoms with Crippen LogP contribution in [0.5, 0.6) is 17.2 Å². The quantitative estimate of drug-likeness (QED) is 0.513. The summed E-state index contributed by atoms with van der Waals surface area (Å²) in [6, 6.07) is 11.3. The molecule has 164 valence electrons. The number of benzene rings is 2. The Bertz CT molecular complexity index is 987. The Kier molecular flexibility index (Phi) is 7.48. The fourth-order valence-electron chi connectivity index (χ4n) is 2.96. The number of rotatable bonds is 10. The van der Waals surface area contributed by atoms with Gasteiger partial charge >= 0.3 is 6.01 Å². The minimum Gasteiger partial charge on any atom is -0.490 e. The summed E-state index contributed by atoms with van der Waals surface area (Å²) in [6.45, 7) is 9.05. The van der Waals surface area contributed by atoms with Crippen LogP contribution in [0, 0.1) is 6.92 Å². The van der Waals surface area contributed by atoms with Gasteiger partial charge in [0.1, 0.15) is 0 Å². The van der Waals surface area contributed by atoms with Crippen molar-refractivity contribution in [2.24, 2.45) is 0 Å². The molecule has 8 nitrogen and oxygen atoms in total. The molecule has 1 N–H and O–H groups in total. The largest absolute Gasteiger partial charge is 0.490 e. The molecule has 8 heteroatoms. The molecule has 0 unspecified atom stereocenters. The third kappa shape index (κ3) is 5.75. The second-order valence-electron chi connectivity index (χ2n) is 6.72. The predicted molar refractivity (Wildman–Crippen MR) is 117 cm³/mol. The van der Waals surface area contributed by atoms with Gasteiger partial charge in [-0.25, -0.2) is 0 Å². The summed E-state index contributed by atoms with van der Waals surface area (Å²) < 4.78 is 22.8. The van der Waals surface area contributed by atoms with Gasteiger partial charge in [0.05, 0.1) is 26.2 Å². The predicted octanol–water partition coefficient (Wildman–Crippen LogP) is 4.42. The SMILES string of the molecule is CCOc1cc(-c2nnc(NC(=O)Cc3ccc(C)cc3)o2)cc(OCC)c1OCC. The van der Waals surface area contributed by atoms with Gasteiger partial charge in [-0.05, 0) is 45.4 Å². The number of aromatic nitrogens is 2. The van der Waals surface area contributed by atoms with E-state index in [0.29, 0.717) is 42.6 Å². The number of aryl methyl sites for hydroxylation is 1. The molecule has 1 amide bonds. The summed E-state index contributed by atoms with van der Waals surface area (Å²) >= 11 is 0. The van der Waals surface area contributed by atoms with E-state index in [9.17, 15) is 4.79 Å². The average Bonchev–Trinajstić information content (AvgIpc) is 3.20. The van der Waals surface area contributed by atoms with Crippen LogP contribution in [-0.2, 0) is 11.2 Å². The van der Waals surface area contributed by atoms with Crippen LogP contribution in [-0.4, -0.2) is 35.9 Å². The maximum atomic E-state index is 12.3. The molecule has 31 heavy (non-hydrogen) atoms. The Morgan fingerprint density at radius 1 is 0.935 bits per heavy atom. The number of amides is 1. The lowest BCUT2D eigenvalue weighted by Crippen LogP contribution is -2.14. The summed E-state index contributed by atoms with van der Waals surface area (Å²) in [5.74, 6) is 1.56. The minimum absolute atomic E-state index is 0.0249. The normalized spacial score (nSPS) is 10.6. The topological polar surface area (TPSA) is 95.7 Å². The van der Waals surface area contributed by atoms with Crippen molar-refractivity contribution in [1.82, 2.24) is 10.2 Å². The number of nitrogens with one attached hydrogen (secondary N) is 1. The van der Waals surface area contributed by atoms with Crippen molar-refractivity contribution >= 4 is 11.9 Å². The molecule has 3 rings (SSSR count). The first-order chi connectivity index (χ1) is 15.0. The monoisotopic (exact) mass is 425 g/mol. The van der Waals surface area contributed by atoms with Gasteiger partial charge in [0, 0.05) is 5.56 Å². The molecule has 3 aromatic rings. The first-order valence-electron chi connectivity index (χ1n) is 10.3. The van der Waals surface area contributed by atoms with E-state index >= 15 is 0 Å². The Morgan fingerprint density at radius 2 is 1.55 bits per heavy atom. The van der Waals surface area contributed by atoms with E-state index in [2.05, 4.69) is 15.5 Å². The van der Waals surface area contributed by atoms with Crippen LogP contribution < -0.4 is 19.5 Å². The van der Waals surface area contributed by atoms with Gasteiger partial charge in [-0.1, -0.05) is 34.9 Å². The van der Waals surface area contributed by atoms with Crippen LogP contribution in [0.25, 0.3) is 11.5 Å². The van der Waals surface area contributed by atoms with Crippen molar-refractivity contribution in [2.75, 3.05) is 25.1 Å². The Hall–Kier alpha value is -3.55. The molecule has 0 aliphatic heterocycles. The summed E-state index contributed by atoms with van der Waals surface area (Å²) in [6.07, 6.45) is 0.212. The van der Waals surface area contributed by atoms with E-state index in [1.165, 1.54) is 0 Å². The smallest absolute Gasteiger partial charge is 0.322 e. The van der Waals surface area contributed by atoms with Gasteiger partial charge in [-0.2, -0.15) is 0 Å². The van der Waals surface area contributed by atoms with Crippen molar-refractivity contribution in [3.05, 3.63) is 47.5 Å². The zero-order valence-electron chi connectivity index (χ0n) is 18.2. The Labute approximate surface area is 181 Å². The molecule has 0 aliphatic carbocycles. The third-order valence-electron chi connectivity index (χ3n) is 4.31. The molecule has 2 aromatic carbocycles. The van der Waals surface area contributed by atoms with Crippen LogP contribution in [0.15, 0.2) is 40.8 Å². The van der Waals surface area contributed by atoms with E-state index in [4.69, 9.17) is 18.6 Å². The van der Waals surface area contributed by atoms with E-state index in [1.807, 2.05) is 52.0 Å². The van der Waals surface area contributed by atoms with E-state index in [0.717, 1.165) is 11.1 Å². The molecule has 0 aliphatic rings. The number of carbonyl (C=O) groups is 1. The van der Waals surface area contributed by atoms with Crippen LogP contribution in [0.3, 0.4) is 0 Å². The highest BCUT2D eigenvalue weighted by Gasteiger charge is 2.19. The van der Waals surface area contributed by atoms with Crippen molar-refractivity contribution in [1.29, 1.82) is 0 Å². The van der Waals surface area contributed by atoms with Crippen LogP contribution >= 0.6 is 0 Å². The van der Waals surface area contributed by atoms with Crippen LogP contribution in [0.2, 0.25) is 0 Å². The van der Waals surface area contributed by atoms with Gasteiger partial charge in [-0.15, -0.1) is 5.10 Å². The van der Waals surface area contributed by atoms with Crippen LogP contribution in [0.1, 0.15) is 31.9 Å². The molecule has 1 heterocycles. The van der Waals surface area contributed by atoms with Crippen molar-refractivity contribution in [3.63, 3.8) is 0 Å². The maximum Gasteiger partial charge on any atom is 0.322 e. The Morgan fingerprint density at radius 3 is 2.13 bits per heavy atom. The highest BCUT2D eigenvalue weighted by molar-refractivity contribution is 5.90. The van der Waals surface area contributed by atoms with Gasteiger partial charge < -0.3 is 18.6 Å². The first kappa shape index (κ1) is 22.1. The zero-order chi connectivity index (χ0) is 22.2. The minimum atomic E-state index is -0.240. The van der Waals surface area contributed by atoms with Gasteiger partial charge in [0.25, 0.3) is 0 Å². The number of hydrogen-bond acceptors (Lipinski definition) is 7. The first-order valence-corrected chi connectivity index (χ1v) is 10.3. The molecule has 0 spiro atoms. The fraction of sp³-hybridized carbons (Fsp3) is 0.348. The van der Waals surface area contributed by atoms with E-state index in [-0.39, 0.29) is 24.2 Å². The second-order valence-corrected chi connectivity index (χ2v) is 6.72. The van der Waals surface area contributed by atoms with Crippen molar-refractivity contribution in [3.8, 4) is 28.7 Å². The number of carbonyl (C=O) groups excluding carboxylic acids is 1. The zero-order valence-corrected chi connectivity index (χ0v) is 18.2. The van der Waals surface area contributed by atoms with Crippen molar-refractivity contribution < 1.29 is 23.4 Å². The highest BCUT2D eigenvalue weighted by atomic mass is 16.5. The summed E-state index contributed by atoms with van der Waals surface area (Å²) in [5, 5.41) is 10.6. The molecular weight excluding hydrogens is 398 g/mol. The molecule has 0 fully saturated rings. The fourth-order valence-corrected chi connectivity index (χ4v) is 2.96. The molecule has 0 atom stereocenters. The van der Waals surface area contributed by atoms with E-state index in [1.54, 1.807) is 12.1 Å². The number of nitrogens with zero attached hydrogens (tertiary/aromatic N) is 2. The van der Waals surface area contributed by atoms with Crippen LogP contribution in [0.4, 0.5) is 6.01 Å².